The van der Waals surface area contributed by atoms with E-state index >= 15 is 0 Å². The fourth-order valence-corrected chi connectivity index (χ4v) is 8.36. The van der Waals surface area contributed by atoms with E-state index in [9.17, 15) is 0 Å². The number of fused-ring (bicyclic) bond motifs is 3. The molecule has 0 aliphatic heterocycles. The van der Waals surface area contributed by atoms with Crippen molar-refractivity contribution in [3.05, 3.63) is 200 Å². The van der Waals surface area contributed by atoms with Crippen LogP contribution in [-0.4, -0.2) is 15.0 Å². The number of pyridine rings is 1. The minimum absolute atomic E-state index is 0.685. The SMILES string of the molecule is c1ccc(-c2ccc(-c3ccc(-c4cc(-c5ccc(-c6ccc7sc8ccccc8c7c6)cc5)nc(-c5ccc(-c6cccnc6)cc5)n4)cc3)cc2)cc1. The van der Waals surface area contributed by atoms with Crippen molar-refractivity contribution >= 4 is 31.5 Å². The van der Waals surface area contributed by atoms with E-state index < -0.39 is 0 Å². The highest BCUT2D eigenvalue weighted by Crippen LogP contribution is 2.37. The quantitative estimate of drug-likeness (QED) is 0.165. The summed E-state index contributed by atoms with van der Waals surface area (Å²) in [7, 11) is 0. The minimum Gasteiger partial charge on any atom is -0.264 e. The molecule has 0 fully saturated rings. The van der Waals surface area contributed by atoms with Gasteiger partial charge >= 0.3 is 0 Å². The number of aromatic nitrogens is 3. The predicted octanol–water partition coefficient (Wildman–Crippen LogP) is 13.9. The van der Waals surface area contributed by atoms with Crippen LogP contribution in [0.3, 0.4) is 0 Å². The lowest BCUT2D eigenvalue weighted by Gasteiger charge is -2.11. The van der Waals surface area contributed by atoms with Gasteiger partial charge in [-0.2, -0.15) is 0 Å². The Kier molecular flexibility index (Phi) is 8.36. The van der Waals surface area contributed by atoms with E-state index in [0.717, 1.165) is 44.8 Å². The summed E-state index contributed by atoms with van der Waals surface area (Å²) in [6, 6.07) is 66.7. The van der Waals surface area contributed by atoms with Crippen LogP contribution < -0.4 is 0 Å². The molecular weight excluding hydrogens is 687 g/mol. The van der Waals surface area contributed by atoms with Gasteiger partial charge in [0, 0.05) is 49.3 Å². The molecule has 0 saturated carbocycles. The number of rotatable bonds is 7. The van der Waals surface area contributed by atoms with Gasteiger partial charge in [-0.1, -0.05) is 158 Å². The summed E-state index contributed by atoms with van der Waals surface area (Å²) >= 11 is 1.85. The second-order valence-electron chi connectivity index (χ2n) is 13.7. The monoisotopic (exact) mass is 719 g/mol. The molecule has 10 aromatic rings. The Labute approximate surface area is 323 Å². The van der Waals surface area contributed by atoms with Crippen molar-refractivity contribution in [2.45, 2.75) is 0 Å². The molecular formula is C51H33N3S. The lowest BCUT2D eigenvalue weighted by atomic mass is 9.98. The summed E-state index contributed by atoms with van der Waals surface area (Å²) in [5.41, 5.74) is 14.1. The average Bonchev–Trinajstić information content (AvgIpc) is 3.65. The van der Waals surface area contributed by atoms with Crippen molar-refractivity contribution < 1.29 is 0 Å². The first kappa shape index (κ1) is 32.6. The lowest BCUT2D eigenvalue weighted by molar-refractivity contribution is 1.18. The van der Waals surface area contributed by atoms with Gasteiger partial charge in [-0.25, -0.2) is 9.97 Å². The second kappa shape index (κ2) is 14.1. The van der Waals surface area contributed by atoms with Gasteiger partial charge in [0.15, 0.2) is 5.82 Å². The molecule has 0 aliphatic rings. The normalized spacial score (nSPS) is 11.3. The van der Waals surface area contributed by atoms with Crippen LogP contribution in [0.1, 0.15) is 0 Å². The first-order chi connectivity index (χ1) is 27.2. The predicted molar refractivity (Wildman–Crippen MR) is 231 cm³/mol. The van der Waals surface area contributed by atoms with Crippen LogP contribution in [-0.2, 0) is 0 Å². The Morgan fingerprint density at radius 1 is 0.309 bits per heavy atom. The highest BCUT2D eigenvalue weighted by molar-refractivity contribution is 7.25. The van der Waals surface area contributed by atoms with Crippen molar-refractivity contribution in [2.24, 2.45) is 0 Å². The molecule has 7 aromatic carbocycles. The zero-order valence-electron chi connectivity index (χ0n) is 29.8. The van der Waals surface area contributed by atoms with E-state index in [1.54, 1.807) is 6.20 Å². The molecule has 0 aliphatic carbocycles. The van der Waals surface area contributed by atoms with Gasteiger partial charge in [-0.05, 0) is 74.8 Å². The Balaban J connectivity index is 0.998. The molecule has 4 heteroatoms. The van der Waals surface area contributed by atoms with E-state index in [2.05, 4.69) is 181 Å². The molecule has 3 nitrogen and oxygen atoms in total. The maximum absolute atomic E-state index is 5.15. The molecule has 258 valence electrons. The summed E-state index contributed by atoms with van der Waals surface area (Å²) in [6.07, 6.45) is 3.68. The molecule has 55 heavy (non-hydrogen) atoms. The molecule has 0 amide bonds. The van der Waals surface area contributed by atoms with Crippen LogP contribution in [0, 0.1) is 0 Å². The molecule has 3 aromatic heterocycles. The van der Waals surface area contributed by atoms with Gasteiger partial charge in [-0.15, -0.1) is 11.3 Å². The molecule has 3 heterocycles. The number of thiophene rings is 1. The molecule has 0 atom stereocenters. The smallest absolute Gasteiger partial charge is 0.160 e. The van der Waals surface area contributed by atoms with Gasteiger partial charge in [0.25, 0.3) is 0 Å². The van der Waals surface area contributed by atoms with Gasteiger partial charge < -0.3 is 0 Å². The van der Waals surface area contributed by atoms with Crippen molar-refractivity contribution in [3.63, 3.8) is 0 Å². The van der Waals surface area contributed by atoms with Gasteiger partial charge in [0.2, 0.25) is 0 Å². The first-order valence-electron chi connectivity index (χ1n) is 18.4. The number of nitrogens with zero attached hydrogens (tertiary/aromatic N) is 3. The van der Waals surface area contributed by atoms with E-state index in [1.807, 2.05) is 29.7 Å². The van der Waals surface area contributed by atoms with Gasteiger partial charge in [-0.3, -0.25) is 4.98 Å². The van der Waals surface area contributed by atoms with Crippen molar-refractivity contribution in [1.29, 1.82) is 0 Å². The summed E-state index contributed by atoms with van der Waals surface area (Å²) in [6.45, 7) is 0. The topological polar surface area (TPSA) is 38.7 Å². The summed E-state index contributed by atoms with van der Waals surface area (Å²) < 4.78 is 2.63. The number of benzene rings is 7. The third-order valence-corrected chi connectivity index (χ3v) is 11.4. The molecule has 0 N–H and O–H groups in total. The van der Waals surface area contributed by atoms with Crippen LogP contribution in [0.15, 0.2) is 200 Å². The summed E-state index contributed by atoms with van der Waals surface area (Å²) in [5.74, 6) is 0.685. The zero-order valence-corrected chi connectivity index (χ0v) is 30.6. The standard InChI is InChI=1S/C51H33N3S/c1-2-7-34(8-3-1)35-12-14-36(15-13-35)37-16-22-40(23-17-37)47-32-48(54-51(53-47)42-26-20-39(21-27-42)44-9-6-30-52-33-44)41-24-18-38(19-25-41)43-28-29-50-46(31-43)45-10-4-5-11-49(45)55-50/h1-33H. The van der Waals surface area contributed by atoms with E-state index in [4.69, 9.17) is 9.97 Å². The van der Waals surface area contributed by atoms with Gasteiger partial charge in [0.05, 0.1) is 11.4 Å². The van der Waals surface area contributed by atoms with Crippen molar-refractivity contribution in [1.82, 2.24) is 15.0 Å². The van der Waals surface area contributed by atoms with Crippen LogP contribution in [0.2, 0.25) is 0 Å². The van der Waals surface area contributed by atoms with E-state index in [0.29, 0.717) is 5.82 Å². The Morgan fingerprint density at radius 2 is 0.764 bits per heavy atom. The average molecular weight is 720 g/mol. The lowest BCUT2D eigenvalue weighted by Crippen LogP contribution is -1.96. The minimum atomic E-state index is 0.685. The maximum Gasteiger partial charge on any atom is 0.160 e. The Morgan fingerprint density at radius 3 is 1.36 bits per heavy atom. The molecule has 0 saturated heterocycles. The largest absolute Gasteiger partial charge is 0.264 e. The highest BCUT2D eigenvalue weighted by Gasteiger charge is 2.13. The zero-order chi connectivity index (χ0) is 36.6. The molecule has 0 radical (unpaired) electrons. The molecule has 0 unspecified atom stereocenters. The van der Waals surface area contributed by atoms with Crippen LogP contribution in [0.5, 0.6) is 0 Å². The maximum atomic E-state index is 5.15. The van der Waals surface area contributed by atoms with Gasteiger partial charge in [0.1, 0.15) is 0 Å². The molecule has 10 rings (SSSR count). The van der Waals surface area contributed by atoms with Crippen molar-refractivity contribution in [3.8, 4) is 78.4 Å². The Hall–Kier alpha value is -7.01. The fraction of sp³-hybridized carbons (Fsp3) is 0. The summed E-state index contributed by atoms with van der Waals surface area (Å²) in [4.78, 5) is 14.6. The van der Waals surface area contributed by atoms with Crippen LogP contribution >= 0.6 is 11.3 Å². The third-order valence-electron chi connectivity index (χ3n) is 10.3. The highest BCUT2D eigenvalue weighted by atomic mass is 32.1. The first-order valence-corrected chi connectivity index (χ1v) is 19.2. The van der Waals surface area contributed by atoms with Crippen LogP contribution in [0.4, 0.5) is 0 Å². The van der Waals surface area contributed by atoms with E-state index in [-0.39, 0.29) is 0 Å². The second-order valence-corrected chi connectivity index (χ2v) is 14.8. The molecule has 0 spiro atoms. The molecule has 0 bridgehead atoms. The number of hydrogen-bond acceptors (Lipinski definition) is 4. The third kappa shape index (κ3) is 6.50. The summed E-state index contributed by atoms with van der Waals surface area (Å²) in [5, 5.41) is 2.61. The number of hydrogen-bond donors (Lipinski definition) is 0. The fourth-order valence-electron chi connectivity index (χ4n) is 7.28. The van der Waals surface area contributed by atoms with E-state index in [1.165, 1.54) is 48.0 Å². The van der Waals surface area contributed by atoms with Crippen molar-refractivity contribution in [2.75, 3.05) is 0 Å². The van der Waals surface area contributed by atoms with Crippen LogP contribution in [0.25, 0.3) is 98.6 Å². The Bertz CT molecular complexity index is 2920.